The summed E-state index contributed by atoms with van der Waals surface area (Å²) in [6, 6.07) is 25.8. The van der Waals surface area contributed by atoms with Gasteiger partial charge < -0.3 is 4.90 Å². The van der Waals surface area contributed by atoms with E-state index in [2.05, 4.69) is 95.4 Å². The lowest BCUT2D eigenvalue weighted by atomic mass is 9.70. The van der Waals surface area contributed by atoms with Crippen LogP contribution in [0.15, 0.2) is 79.1 Å². The molecule has 0 aliphatic carbocycles. The highest BCUT2D eigenvalue weighted by atomic mass is 15.3. The molecule has 1 saturated heterocycles. The Morgan fingerprint density at radius 2 is 1.56 bits per heavy atom. The van der Waals surface area contributed by atoms with Gasteiger partial charge in [0.15, 0.2) is 0 Å². The molecule has 1 aliphatic rings. The number of nitriles is 1. The summed E-state index contributed by atoms with van der Waals surface area (Å²) >= 11 is 0. The molecule has 0 bridgehead atoms. The molecule has 34 heavy (non-hydrogen) atoms. The molecule has 1 aromatic heterocycles. The van der Waals surface area contributed by atoms with E-state index in [4.69, 9.17) is 0 Å². The Morgan fingerprint density at radius 3 is 2.21 bits per heavy atom. The summed E-state index contributed by atoms with van der Waals surface area (Å²) in [5, 5.41) is 10.1. The van der Waals surface area contributed by atoms with E-state index in [1.807, 2.05) is 18.5 Å². The van der Waals surface area contributed by atoms with Crippen molar-refractivity contribution < 1.29 is 0 Å². The van der Waals surface area contributed by atoms with E-state index in [-0.39, 0.29) is 5.92 Å². The summed E-state index contributed by atoms with van der Waals surface area (Å²) in [7, 11) is 0. The van der Waals surface area contributed by atoms with E-state index in [0.717, 1.165) is 57.7 Å². The van der Waals surface area contributed by atoms with Crippen molar-refractivity contribution in [1.29, 1.82) is 5.26 Å². The van der Waals surface area contributed by atoms with Gasteiger partial charge in [0.25, 0.3) is 0 Å². The Kier molecular flexibility index (Phi) is 8.11. The second-order valence-corrected chi connectivity index (χ2v) is 9.72. The molecule has 1 fully saturated rings. The summed E-state index contributed by atoms with van der Waals surface area (Å²) in [4.78, 5) is 9.50. The third-order valence-corrected chi connectivity index (χ3v) is 7.37. The molecule has 1 unspecified atom stereocenters. The van der Waals surface area contributed by atoms with Crippen molar-refractivity contribution in [2.24, 2.45) is 5.92 Å². The molecule has 0 spiro atoms. The molecule has 0 radical (unpaired) electrons. The Bertz CT molecular complexity index is 1070. The molecule has 176 valence electrons. The molecule has 1 atom stereocenters. The van der Waals surface area contributed by atoms with Gasteiger partial charge in [0.05, 0.1) is 11.5 Å². The molecule has 2 heterocycles. The van der Waals surface area contributed by atoms with Crippen molar-refractivity contribution in [3.8, 4) is 17.2 Å². The van der Waals surface area contributed by atoms with E-state index in [1.54, 1.807) is 0 Å². The molecule has 3 aromatic rings. The van der Waals surface area contributed by atoms with Crippen molar-refractivity contribution in [1.82, 2.24) is 14.8 Å². The van der Waals surface area contributed by atoms with Gasteiger partial charge in [0.2, 0.25) is 0 Å². The zero-order valence-corrected chi connectivity index (χ0v) is 20.5. The summed E-state index contributed by atoms with van der Waals surface area (Å²) in [5.41, 5.74) is 4.57. The van der Waals surface area contributed by atoms with Gasteiger partial charge in [-0.15, -0.1) is 0 Å². The van der Waals surface area contributed by atoms with Crippen LogP contribution < -0.4 is 0 Å². The lowest BCUT2D eigenvalue weighted by molar-refractivity contribution is 0.123. The molecule has 4 heteroatoms. The van der Waals surface area contributed by atoms with Gasteiger partial charge in [-0.05, 0) is 53.6 Å². The van der Waals surface area contributed by atoms with E-state index in [0.29, 0.717) is 0 Å². The summed E-state index contributed by atoms with van der Waals surface area (Å²) in [6.07, 6.45) is 5.85. The molecule has 4 nitrogen and oxygen atoms in total. The van der Waals surface area contributed by atoms with Crippen LogP contribution in [0.4, 0.5) is 0 Å². The first-order chi connectivity index (χ1) is 16.6. The van der Waals surface area contributed by atoms with Crippen LogP contribution in [-0.4, -0.2) is 47.5 Å². The van der Waals surface area contributed by atoms with Gasteiger partial charge in [0.1, 0.15) is 0 Å². The summed E-state index contributed by atoms with van der Waals surface area (Å²) in [6.45, 7) is 10.6. The average Bonchev–Trinajstić information content (AvgIpc) is 2.89. The van der Waals surface area contributed by atoms with Crippen molar-refractivity contribution in [3.05, 3.63) is 90.3 Å². The minimum absolute atomic E-state index is 0.287. The third kappa shape index (κ3) is 5.55. The highest BCUT2D eigenvalue weighted by Crippen LogP contribution is 2.36. The maximum Gasteiger partial charge on any atom is 0.0845 e. The minimum atomic E-state index is -0.406. The fraction of sp³-hybridized carbons (Fsp3) is 0.400. The molecular formula is C30H36N4. The number of benzene rings is 2. The van der Waals surface area contributed by atoms with Crippen LogP contribution in [0, 0.1) is 17.2 Å². The second-order valence-electron chi connectivity index (χ2n) is 9.72. The summed E-state index contributed by atoms with van der Waals surface area (Å²) < 4.78 is 0. The van der Waals surface area contributed by atoms with Crippen LogP contribution in [0.2, 0.25) is 0 Å². The van der Waals surface area contributed by atoms with Crippen molar-refractivity contribution >= 4 is 0 Å². The molecule has 2 aromatic carbocycles. The van der Waals surface area contributed by atoms with Crippen molar-refractivity contribution in [3.63, 3.8) is 0 Å². The zero-order chi connectivity index (χ0) is 23.8. The van der Waals surface area contributed by atoms with Gasteiger partial charge in [-0.3, -0.25) is 9.88 Å². The molecular weight excluding hydrogens is 416 g/mol. The van der Waals surface area contributed by atoms with Gasteiger partial charge in [-0.25, -0.2) is 0 Å². The predicted molar refractivity (Wildman–Crippen MR) is 139 cm³/mol. The first-order valence-electron chi connectivity index (χ1n) is 12.5. The van der Waals surface area contributed by atoms with Crippen LogP contribution in [0.1, 0.15) is 37.8 Å². The largest absolute Gasteiger partial charge is 0.301 e. The number of rotatable bonds is 9. The van der Waals surface area contributed by atoms with E-state index in [9.17, 15) is 5.26 Å². The SMILES string of the molecule is CC(C)C(C#N)(CCCN1CCN(Cc2cnccc2-c2ccccc2)CC1)c1ccccc1. The minimum Gasteiger partial charge on any atom is -0.301 e. The van der Waals surface area contributed by atoms with Gasteiger partial charge in [-0.2, -0.15) is 5.26 Å². The lowest BCUT2D eigenvalue weighted by Crippen LogP contribution is -2.46. The normalized spacial score (nSPS) is 16.8. The standard InChI is InChI=1S/C30H36N4/c1-25(2)30(24-31,28-12-7-4-8-13-28)15-9-17-33-18-20-34(21-19-33)23-27-22-32-16-14-29(27)26-10-5-3-6-11-26/h3-8,10-14,16,22,25H,9,15,17-21,23H2,1-2H3. The number of piperazine rings is 1. The predicted octanol–water partition coefficient (Wildman–Crippen LogP) is 5.76. The maximum atomic E-state index is 10.1. The third-order valence-electron chi connectivity index (χ3n) is 7.37. The van der Waals surface area contributed by atoms with Crippen molar-refractivity contribution in [2.45, 2.75) is 38.6 Å². The van der Waals surface area contributed by atoms with Crippen LogP contribution in [0.25, 0.3) is 11.1 Å². The molecule has 0 N–H and O–H groups in total. The van der Waals surface area contributed by atoms with Crippen LogP contribution >= 0.6 is 0 Å². The number of hydrogen-bond acceptors (Lipinski definition) is 4. The first kappa shape index (κ1) is 24.1. The number of nitrogens with zero attached hydrogens (tertiary/aromatic N) is 4. The van der Waals surface area contributed by atoms with Gasteiger partial charge >= 0.3 is 0 Å². The highest BCUT2D eigenvalue weighted by Gasteiger charge is 2.35. The Morgan fingerprint density at radius 1 is 0.912 bits per heavy atom. The molecule has 1 aliphatic heterocycles. The lowest BCUT2D eigenvalue weighted by Gasteiger charge is -2.36. The van der Waals surface area contributed by atoms with Gasteiger partial charge in [-0.1, -0.05) is 74.5 Å². The summed E-state index contributed by atoms with van der Waals surface area (Å²) in [5.74, 6) is 0.287. The van der Waals surface area contributed by atoms with E-state index < -0.39 is 5.41 Å². The Hall–Kier alpha value is -3.00. The first-order valence-corrected chi connectivity index (χ1v) is 12.5. The Balaban J connectivity index is 1.30. The van der Waals surface area contributed by atoms with E-state index in [1.165, 1.54) is 16.7 Å². The fourth-order valence-electron chi connectivity index (χ4n) is 5.20. The fourth-order valence-corrected chi connectivity index (χ4v) is 5.20. The van der Waals surface area contributed by atoms with Crippen LogP contribution in [0.3, 0.4) is 0 Å². The van der Waals surface area contributed by atoms with Gasteiger partial charge in [0, 0.05) is 45.1 Å². The maximum absolute atomic E-state index is 10.1. The Labute approximate surface area is 204 Å². The molecule has 0 saturated carbocycles. The number of pyridine rings is 1. The van der Waals surface area contributed by atoms with Crippen LogP contribution in [0.5, 0.6) is 0 Å². The van der Waals surface area contributed by atoms with E-state index >= 15 is 0 Å². The highest BCUT2D eigenvalue weighted by molar-refractivity contribution is 5.66. The molecule has 0 amide bonds. The van der Waals surface area contributed by atoms with Crippen molar-refractivity contribution in [2.75, 3.05) is 32.7 Å². The smallest absolute Gasteiger partial charge is 0.0845 e. The molecule has 4 rings (SSSR count). The monoisotopic (exact) mass is 452 g/mol. The number of aromatic nitrogens is 1. The van der Waals surface area contributed by atoms with Crippen LogP contribution in [-0.2, 0) is 12.0 Å². The number of hydrogen-bond donors (Lipinski definition) is 0. The zero-order valence-electron chi connectivity index (χ0n) is 20.5. The topological polar surface area (TPSA) is 43.2 Å². The second kappa shape index (κ2) is 11.4. The average molecular weight is 453 g/mol. The quantitative estimate of drug-likeness (QED) is 0.414.